The first-order chi connectivity index (χ1) is 10.8. The van der Waals surface area contributed by atoms with E-state index in [1.807, 2.05) is 25.1 Å². The van der Waals surface area contributed by atoms with E-state index in [4.69, 9.17) is 14.6 Å². The number of benzene rings is 1. The van der Waals surface area contributed by atoms with Gasteiger partial charge in [-0.15, -0.1) is 0 Å². The minimum atomic E-state index is 0.00685. The summed E-state index contributed by atoms with van der Waals surface area (Å²) in [4.78, 5) is 0. The SMILES string of the molecule is CCCCCCCNCc1ccc(OCCO)c(OCC)c1. The van der Waals surface area contributed by atoms with Gasteiger partial charge < -0.3 is 19.9 Å². The Bertz CT molecular complexity index is 396. The second-order valence-corrected chi connectivity index (χ2v) is 5.38. The van der Waals surface area contributed by atoms with E-state index in [1.54, 1.807) is 0 Å². The molecule has 0 unspecified atom stereocenters. The van der Waals surface area contributed by atoms with Gasteiger partial charge >= 0.3 is 0 Å². The van der Waals surface area contributed by atoms with Gasteiger partial charge in [-0.2, -0.15) is 0 Å². The van der Waals surface area contributed by atoms with Crippen molar-refractivity contribution in [3.63, 3.8) is 0 Å². The number of aliphatic hydroxyl groups is 1. The van der Waals surface area contributed by atoms with Gasteiger partial charge in [0.15, 0.2) is 11.5 Å². The predicted octanol–water partition coefficient (Wildman–Crippen LogP) is 3.52. The van der Waals surface area contributed by atoms with Gasteiger partial charge in [-0.1, -0.05) is 38.7 Å². The third-order valence-corrected chi connectivity index (χ3v) is 3.44. The molecule has 1 aromatic rings. The fourth-order valence-electron chi connectivity index (χ4n) is 2.29. The molecule has 1 rings (SSSR count). The zero-order valence-corrected chi connectivity index (χ0v) is 14.1. The summed E-state index contributed by atoms with van der Waals surface area (Å²) < 4.78 is 11.1. The quantitative estimate of drug-likeness (QED) is 0.547. The van der Waals surface area contributed by atoms with Crippen LogP contribution < -0.4 is 14.8 Å². The Morgan fingerprint density at radius 1 is 1.00 bits per heavy atom. The summed E-state index contributed by atoms with van der Waals surface area (Å²) in [5.41, 5.74) is 1.19. The van der Waals surface area contributed by atoms with Crippen molar-refractivity contribution >= 4 is 0 Å². The number of rotatable bonds is 13. The molecular formula is C18H31NO3. The lowest BCUT2D eigenvalue weighted by Gasteiger charge is -2.13. The van der Waals surface area contributed by atoms with Crippen LogP contribution in [0.25, 0.3) is 0 Å². The summed E-state index contributed by atoms with van der Waals surface area (Å²) in [6, 6.07) is 5.97. The highest BCUT2D eigenvalue weighted by molar-refractivity contribution is 5.43. The highest BCUT2D eigenvalue weighted by Gasteiger charge is 2.06. The van der Waals surface area contributed by atoms with E-state index in [2.05, 4.69) is 12.2 Å². The lowest BCUT2D eigenvalue weighted by molar-refractivity contribution is 0.194. The van der Waals surface area contributed by atoms with Crippen molar-refractivity contribution < 1.29 is 14.6 Å². The Morgan fingerprint density at radius 2 is 1.82 bits per heavy atom. The summed E-state index contributed by atoms with van der Waals surface area (Å²) >= 11 is 0. The maximum atomic E-state index is 8.85. The average Bonchev–Trinajstić information content (AvgIpc) is 2.53. The molecule has 0 spiro atoms. The number of hydrogen-bond donors (Lipinski definition) is 2. The van der Waals surface area contributed by atoms with Crippen LogP contribution >= 0.6 is 0 Å². The summed E-state index contributed by atoms with van der Waals surface area (Å²) in [5.74, 6) is 1.44. The van der Waals surface area contributed by atoms with Gasteiger partial charge in [-0.25, -0.2) is 0 Å². The standard InChI is InChI=1S/C18H31NO3/c1-3-5-6-7-8-11-19-15-16-9-10-17(22-13-12-20)18(14-16)21-4-2/h9-10,14,19-20H,3-8,11-13,15H2,1-2H3. The third-order valence-electron chi connectivity index (χ3n) is 3.44. The Balaban J connectivity index is 2.38. The van der Waals surface area contributed by atoms with Crippen molar-refractivity contribution in [3.8, 4) is 11.5 Å². The Labute approximate surface area is 134 Å². The van der Waals surface area contributed by atoms with Gasteiger partial charge in [0.2, 0.25) is 0 Å². The van der Waals surface area contributed by atoms with Crippen molar-refractivity contribution in [3.05, 3.63) is 23.8 Å². The molecule has 0 aromatic heterocycles. The van der Waals surface area contributed by atoms with Gasteiger partial charge in [0, 0.05) is 6.54 Å². The third kappa shape index (κ3) is 7.66. The van der Waals surface area contributed by atoms with Crippen LogP contribution in [0.2, 0.25) is 0 Å². The van der Waals surface area contributed by atoms with Crippen LogP contribution in [0.4, 0.5) is 0 Å². The molecule has 0 aliphatic carbocycles. The number of nitrogens with one attached hydrogen (secondary N) is 1. The van der Waals surface area contributed by atoms with E-state index >= 15 is 0 Å². The molecule has 0 amide bonds. The summed E-state index contributed by atoms with van der Waals surface area (Å²) in [7, 11) is 0. The van der Waals surface area contributed by atoms with Crippen molar-refractivity contribution in [2.75, 3.05) is 26.4 Å². The lowest BCUT2D eigenvalue weighted by atomic mass is 10.1. The molecule has 2 N–H and O–H groups in total. The maximum absolute atomic E-state index is 8.85. The molecule has 0 bridgehead atoms. The maximum Gasteiger partial charge on any atom is 0.161 e. The van der Waals surface area contributed by atoms with Crippen molar-refractivity contribution in [1.29, 1.82) is 0 Å². The zero-order chi connectivity index (χ0) is 16.0. The number of unbranched alkanes of at least 4 members (excludes halogenated alkanes) is 4. The van der Waals surface area contributed by atoms with Crippen molar-refractivity contribution in [2.24, 2.45) is 0 Å². The minimum Gasteiger partial charge on any atom is -0.490 e. The highest BCUT2D eigenvalue weighted by atomic mass is 16.5. The molecule has 0 heterocycles. The monoisotopic (exact) mass is 309 g/mol. The van der Waals surface area contributed by atoms with Crippen LogP contribution in [0.3, 0.4) is 0 Å². The second-order valence-electron chi connectivity index (χ2n) is 5.38. The van der Waals surface area contributed by atoms with E-state index in [0.29, 0.717) is 12.4 Å². The Kier molecular flexibility index (Phi) is 10.5. The predicted molar refractivity (Wildman–Crippen MR) is 90.7 cm³/mol. The van der Waals surface area contributed by atoms with Crippen molar-refractivity contribution in [2.45, 2.75) is 52.5 Å². The summed E-state index contributed by atoms with van der Waals surface area (Å²) in [6.45, 7) is 6.98. The molecule has 0 atom stereocenters. The minimum absolute atomic E-state index is 0.00685. The molecule has 4 nitrogen and oxygen atoms in total. The molecule has 4 heteroatoms. The van der Waals surface area contributed by atoms with Crippen LogP contribution in [0, 0.1) is 0 Å². The van der Waals surface area contributed by atoms with Crippen molar-refractivity contribution in [1.82, 2.24) is 5.32 Å². The van der Waals surface area contributed by atoms with E-state index < -0.39 is 0 Å². The van der Waals surface area contributed by atoms with Gasteiger partial charge in [0.1, 0.15) is 6.61 Å². The number of hydrogen-bond acceptors (Lipinski definition) is 4. The second kappa shape index (κ2) is 12.3. The van der Waals surface area contributed by atoms with Crippen LogP contribution in [0.1, 0.15) is 51.5 Å². The first-order valence-electron chi connectivity index (χ1n) is 8.51. The Hall–Kier alpha value is -1.26. The molecule has 0 aliphatic rings. The fraction of sp³-hybridized carbons (Fsp3) is 0.667. The fourth-order valence-corrected chi connectivity index (χ4v) is 2.29. The first kappa shape index (κ1) is 18.8. The summed E-state index contributed by atoms with van der Waals surface area (Å²) in [5, 5.41) is 12.3. The van der Waals surface area contributed by atoms with E-state index in [9.17, 15) is 0 Å². The first-order valence-corrected chi connectivity index (χ1v) is 8.51. The molecule has 0 radical (unpaired) electrons. The van der Waals surface area contributed by atoms with Crippen LogP contribution in [-0.4, -0.2) is 31.5 Å². The van der Waals surface area contributed by atoms with E-state index in [0.717, 1.165) is 18.8 Å². The van der Waals surface area contributed by atoms with Gasteiger partial charge in [0.05, 0.1) is 13.2 Å². The van der Waals surface area contributed by atoms with E-state index in [-0.39, 0.29) is 13.2 Å². The van der Waals surface area contributed by atoms with Crippen LogP contribution in [0.15, 0.2) is 18.2 Å². The zero-order valence-electron chi connectivity index (χ0n) is 14.1. The topological polar surface area (TPSA) is 50.7 Å². The molecular weight excluding hydrogens is 278 g/mol. The van der Waals surface area contributed by atoms with Crippen LogP contribution in [-0.2, 0) is 6.54 Å². The van der Waals surface area contributed by atoms with Crippen LogP contribution in [0.5, 0.6) is 11.5 Å². The normalized spacial score (nSPS) is 10.7. The summed E-state index contributed by atoms with van der Waals surface area (Å²) in [6.07, 6.45) is 6.50. The lowest BCUT2D eigenvalue weighted by Crippen LogP contribution is -2.15. The smallest absolute Gasteiger partial charge is 0.161 e. The number of aliphatic hydroxyl groups excluding tert-OH is 1. The Morgan fingerprint density at radius 3 is 2.55 bits per heavy atom. The molecule has 0 aliphatic heterocycles. The molecule has 1 aromatic carbocycles. The molecule has 0 fully saturated rings. The molecule has 0 saturated heterocycles. The molecule has 126 valence electrons. The van der Waals surface area contributed by atoms with Gasteiger partial charge in [-0.3, -0.25) is 0 Å². The molecule has 0 saturated carbocycles. The molecule has 22 heavy (non-hydrogen) atoms. The van der Waals surface area contributed by atoms with Gasteiger partial charge in [-0.05, 0) is 37.6 Å². The van der Waals surface area contributed by atoms with Gasteiger partial charge in [0.25, 0.3) is 0 Å². The van der Waals surface area contributed by atoms with E-state index in [1.165, 1.54) is 37.7 Å². The largest absolute Gasteiger partial charge is 0.490 e. The number of ether oxygens (including phenoxy) is 2. The average molecular weight is 309 g/mol. The highest BCUT2D eigenvalue weighted by Crippen LogP contribution is 2.28.